The Morgan fingerprint density at radius 2 is 0.689 bits per heavy atom. The first kappa shape index (κ1) is 45.3. The number of hydrogen-bond donors (Lipinski definition) is 0. The molecule has 0 heterocycles. The lowest BCUT2D eigenvalue weighted by Crippen LogP contribution is -2.06. The maximum absolute atomic E-state index is 2.32. The molecule has 45 heavy (non-hydrogen) atoms. The molecule has 0 atom stereocenters. The van der Waals surface area contributed by atoms with Crippen molar-refractivity contribution >= 4 is 0 Å². The molecule has 0 bridgehead atoms. The summed E-state index contributed by atoms with van der Waals surface area (Å²) in [6.45, 7) is 36.3. The van der Waals surface area contributed by atoms with Gasteiger partial charge in [0, 0.05) is 0 Å². The van der Waals surface area contributed by atoms with Crippen molar-refractivity contribution in [3.05, 3.63) is 82.0 Å². The molecule has 0 aromatic carbocycles. The summed E-state index contributed by atoms with van der Waals surface area (Å²) in [7, 11) is 0. The molecule has 3 aliphatic carbocycles. The lowest BCUT2D eigenvalue weighted by molar-refractivity contribution is 0.654. The third-order valence-electron chi connectivity index (χ3n) is 8.66. The van der Waals surface area contributed by atoms with E-state index in [2.05, 4.69) is 159 Å². The monoisotopic (exact) mass is 621 g/mol. The van der Waals surface area contributed by atoms with Gasteiger partial charge in [0.15, 0.2) is 0 Å². The van der Waals surface area contributed by atoms with Crippen molar-refractivity contribution in [2.45, 2.75) is 157 Å². The van der Waals surface area contributed by atoms with E-state index in [1.54, 1.807) is 33.4 Å². The van der Waals surface area contributed by atoms with Gasteiger partial charge in [0.05, 0.1) is 0 Å². The Kier molecular flexibility index (Phi) is 24.5. The molecule has 0 nitrogen and oxygen atoms in total. The molecule has 0 spiro atoms. The summed E-state index contributed by atoms with van der Waals surface area (Å²) in [6.07, 6.45) is 25.8. The third-order valence-corrected chi connectivity index (χ3v) is 8.66. The topological polar surface area (TPSA) is 0 Å². The number of hydrogen-bond acceptors (Lipinski definition) is 0. The Labute approximate surface area is 285 Å². The summed E-state index contributed by atoms with van der Waals surface area (Å²) >= 11 is 0. The maximum Gasteiger partial charge on any atom is -0.0133 e. The molecule has 0 saturated carbocycles. The molecule has 0 amide bonds. The van der Waals surface area contributed by atoms with Gasteiger partial charge in [-0.3, -0.25) is 0 Å². The first-order valence-corrected chi connectivity index (χ1v) is 18.3. The van der Waals surface area contributed by atoms with Crippen LogP contribution >= 0.6 is 0 Å². The minimum atomic E-state index is 0. The van der Waals surface area contributed by atoms with Crippen LogP contribution in [0.4, 0.5) is 0 Å². The summed E-state index contributed by atoms with van der Waals surface area (Å²) in [4.78, 5) is 0. The van der Waals surface area contributed by atoms with Crippen LogP contribution in [0.25, 0.3) is 0 Å². The molecular weight excluding hydrogens is 540 g/mol. The first-order valence-electron chi connectivity index (χ1n) is 18.3. The lowest BCUT2D eigenvalue weighted by atomic mass is 9.84. The quantitative estimate of drug-likeness (QED) is 0.237. The van der Waals surface area contributed by atoms with Crippen LogP contribution in [0, 0.1) is 47.3 Å². The molecule has 0 fully saturated rings. The van der Waals surface area contributed by atoms with E-state index in [0.29, 0.717) is 23.7 Å². The smallest absolute Gasteiger partial charge is 0.0133 e. The average molecular weight is 621 g/mol. The van der Waals surface area contributed by atoms with E-state index >= 15 is 0 Å². The molecule has 3 rings (SSSR count). The van der Waals surface area contributed by atoms with Gasteiger partial charge in [0.25, 0.3) is 0 Å². The average Bonchev–Trinajstić information content (AvgIpc) is 2.97. The van der Waals surface area contributed by atoms with Crippen LogP contribution in [-0.2, 0) is 0 Å². The Bertz CT molecular complexity index is 922. The Morgan fingerprint density at radius 1 is 0.400 bits per heavy atom. The number of allylic oxidation sites excluding steroid dienone is 14. The van der Waals surface area contributed by atoms with E-state index in [0.717, 1.165) is 23.7 Å². The summed E-state index contributed by atoms with van der Waals surface area (Å²) in [5.74, 6) is 5.71. The van der Waals surface area contributed by atoms with E-state index in [-0.39, 0.29) is 7.43 Å². The largest absolute Gasteiger partial charge is 0.0857 e. The van der Waals surface area contributed by atoms with Gasteiger partial charge < -0.3 is 0 Å². The number of rotatable bonds is 8. The van der Waals surface area contributed by atoms with Crippen molar-refractivity contribution in [1.82, 2.24) is 0 Å². The van der Waals surface area contributed by atoms with Crippen LogP contribution in [0.15, 0.2) is 82.0 Å². The van der Waals surface area contributed by atoms with Crippen LogP contribution in [0.3, 0.4) is 0 Å². The van der Waals surface area contributed by atoms with E-state index in [1.165, 1.54) is 38.5 Å². The van der Waals surface area contributed by atoms with E-state index in [9.17, 15) is 0 Å². The van der Waals surface area contributed by atoms with Gasteiger partial charge in [-0.1, -0.05) is 189 Å². The zero-order valence-electron chi connectivity index (χ0n) is 32.5. The molecule has 3 aliphatic rings. The molecule has 0 radical (unpaired) electrons. The second kappa shape index (κ2) is 24.4. The lowest BCUT2D eigenvalue weighted by Gasteiger charge is -2.22. The van der Waals surface area contributed by atoms with Crippen molar-refractivity contribution in [2.24, 2.45) is 47.3 Å². The Hall–Kier alpha value is -1.82. The van der Waals surface area contributed by atoms with Crippen molar-refractivity contribution in [3.8, 4) is 0 Å². The SMILES string of the molecule is C.CC(C)/C=C\C(C)C.CC(C)C1=C(C(C)C)CC=CC1.CC(C)C1=C(C(C)C)CCC=C1.CC(C)C1=C(C(C)C)CCC=C1. The molecule has 0 saturated heterocycles. The van der Waals surface area contributed by atoms with Crippen LogP contribution in [-0.4, -0.2) is 0 Å². The summed E-state index contributed by atoms with van der Waals surface area (Å²) in [6, 6.07) is 0. The predicted molar refractivity (Wildman–Crippen MR) is 211 cm³/mol. The molecule has 0 aromatic rings. The van der Waals surface area contributed by atoms with Crippen molar-refractivity contribution < 1.29 is 0 Å². The highest BCUT2D eigenvalue weighted by molar-refractivity contribution is 5.33. The van der Waals surface area contributed by atoms with Crippen LogP contribution in [0.1, 0.15) is 157 Å². The van der Waals surface area contributed by atoms with Gasteiger partial charge in [-0.15, -0.1) is 0 Å². The fourth-order valence-electron chi connectivity index (χ4n) is 6.11. The van der Waals surface area contributed by atoms with Gasteiger partial charge in [0.1, 0.15) is 0 Å². The zero-order chi connectivity index (χ0) is 34.0. The molecule has 0 unspecified atom stereocenters. The molecule has 0 N–H and O–H groups in total. The second-order valence-electron chi connectivity index (χ2n) is 15.6. The predicted octanol–water partition coefficient (Wildman–Crippen LogP) is 15.3. The normalized spacial score (nSPS) is 16.7. The van der Waals surface area contributed by atoms with Crippen LogP contribution < -0.4 is 0 Å². The zero-order valence-corrected chi connectivity index (χ0v) is 32.5. The highest BCUT2D eigenvalue weighted by Crippen LogP contribution is 2.31. The van der Waals surface area contributed by atoms with Crippen molar-refractivity contribution in [2.75, 3.05) is 0 Å². The summed E-state index contributed by atoms with van der Waals surface area (Å²) < 4.78 is 0. The highest BCUT2D eigenvalue weighted by Gasteiger charge is 2.15. The van der Waals surface area contributed by atoms with Crippen molar-refractivity contribution in [1.29, 1.82) is 0 Å². The summed E-state index contributed by atoms with van der Waals surface area (Å²) in [5.41, 5.74) is 9.85. The molecule has 260 valence electrons. The molecule has 0 aromatic heterocycles. The third kappa shape index (κ3) is 18.8. The Morgan fingerprint density at radius 3 is 0.889 bits per heavy atom. The standard InChI is InChI=1S/3C12H20.C8H16.CH4/c3*1-9(2)11-7-5-6-8-12(11)10(3)4;1-7(2)5-6-8(3)4;/h2*5,7,9-10H,6,8H2,1-4H3;5-6,9-10H,7-8H2,1-4H3;5-8H,1-4H3;1H4/b;;;6-5-;. The molecular formula is C45H80. The fraction of sp³-hybridized carbons (Fsp3) is 0.689. The fourth-order valence-corrected chi connectivity index (χ4v) is 6.11. The molecule has 0 aliphatic heterocycles. The van der Waals surface area contributed by atoms with Gasteiger partial charge in [0.2, 0.25) is 0 Å². The van der Waals surface area contributed by atoms with Gasteiger partial charge in [-0.05, 0) is 97.0 Å². The van der Waals surface area contributed by atoms with E-state index in [1.807, 2.05) is 0 Å². The van der Waals surface area contributed by atoms with Crippen molar-refractivity contribution in [3.63, 3.8) is 0 Å². The van der Waals surface area contributed by atoms with E-state index in [4.69, 9.17) is 0 Å². The van der Waals surface area contributed by atoms with Crippen LogP contribution in [0.2, 0.25) is 0 Å². The summed E-state index contributed by atoms with van der Waals surface area (Å²) in [5, 5.41) is 0. The molecule has 0 heteroatoms. The Balaban J connectivity index is 0. The van der Waals surface area contributed by atoms with Gasteiger partial charge in [-0.2, -0.15) is 0 Å². The van der Waals surface area contributed by atoms with Crippen LogP contribution in [0.5, 0.6) is 0 Å². The minimum Gasteiger partial charge on any atom is -0.0857 e. The van der Waals surface area contributed by atoms with E-state index < -0.39 is 0 Å². The second-order valence-corrected chi connectivity index (χ2v) is 15.6. The first-order chi connectivity index (χ1) is 20.5. The van der Waals surface area contributed by atoms with Gasteiger partial charge in [-0.25, -0.2) is 0 Å². The minimum absolute atomic E-state index is 0. The maximum atomic E-state index is 2.32. The van der Waals surface area contributed by atoms with Gasteiger partial charge >= 0.3 is 0 Å². The highest BCUT2D eigenvalue weighted by atomic mass is 14.2.